The van der Waals surface area contributed by atoms with E-state index in [1.807, 2.05) is 28.8 Å². The van der Waals surface area contributed by atoms with Crippen LogP contribution in [-0.2, 0) is 9.59 Å². The summed E-state index contributed by atoms with van der Waals surface area (Å²) >= 11 is 6.04. The second kappa shape index (κ2) is 7.73. The monoisotopic (exact) mass is 433 g/mol. The first-order valence-corrected chi connectivity index (χ1v) is 9.87. The van der Waals surface area contributed by atoms with Crippen LogP contribution in [0.15, 0.2) is 67.1 Å². The number of aromatic nitrogens is 3. The summed E-state index contributed by atoms with van der Waals surface area (Å²) in [5, 5.41) is 3.22. The number of para-hydroxylation sites is 2. The Balaban J connectivity index is 1.31. The van der Waals surface area contributed by atoms with Crippen LogP contribution in [0, 0.1) is 0 Å². The average Bonchev–Trinajstić information content (AvgIpc) is 3.21. The van der Waals surface area contributed by atoms with Crippen LogP contribution in [0.4, 0.5) is 11.4 Å². The third-order valence-electron chi connectivity index (χ3n) is 4.90. The number of carbonyl (C=O) groups excluding carboxylic acids is 2. The molecule has 0 atom stereocenters. The zero-order chi connectivity index (χ0) is 21.4. The van der Waals surface area contributed by atoms with Gasteiger partial charge < -0.3 is 10.1 Å². The zero-order valence-electron chi connectivity index (χ0n) is 16.2. The number of ether oxygens (including phenoxy) is 1. The van der Waals surface area contributed by atoms with Gasteiger partial charge in [0.05, 0.1) is 28.6 Å². The summed E-state index contributed by atoms with van der Waals surface area (Å²) in [6.45, 7) is -0.291. The molecule has 0 fully saturated rings. The number of anilines is 2. The average molecular weight is 434 g/mol. The van der Waals surface area contributed by atoms with Gasteiger partial charge in [-0.05, 0) is 42.5 Å². The van der Waals surface area contributed by atoms with Gasteiger partial charge in [-0.2, -0.15) is 0 Å². The first-order valence-electron chi connectivity index (χ1n) is 9.49. The predicted octanol–water partition coefficient (Wildman–Crippen LogP) is 3.44. The molecule has 9 heteroatoms. The molecule has 5 rings (SSSR count). The number of imidazole rings is 1. The number of pyridine rings is 1. The Kier molecular flexibility index (Phi) is 4.76. The van der Waals surface area contributed by atoms with Crippen molar-refractivity contribution in [2.75, 3.05) is 23.4 Å². The fraction of sp³-hybridized carbons (Fsp3) is 0.0909. The van der Waals surface area contributed by atoms with E-state index in [1.54, 1.807) is 42.9 Å². The van der Waals surface area contributed by atoms with Crippen LogP contribution in [-0.4, -0.2) is 39.5 Å². The predicted molar refractivity (Wildman–Crippen MR) is 117 cm³/mol. The molecule has 1 aliphatic rings. The highest BCUT2D eigenvalue weighted by Crippen LogP contribution is 2.34. The third kappa shape index (κ3) is 3.69. The standard InChI is InChI=1S/C22H16ClN5O3/c23-14-5-7-19-18(9-14)27(22(30)12-31-19)11-21(29)26-15-6-8-20(24-10-15)28-13-25-16-3-1-2-4-17(16)28/h1-10,13H,11-12H2,(H,26,29). The van der Waals surface area contributed by atoms with Crippen LogP contribution in [0.2, 0.25) is 5.02 Å². The summed E-state index contributed by atoms with van der Waals surface area (Å²) in [6, 6.07) is 16.3. The fourth-order valence-electron chi connectivity index (χ4n) is 3.44. The number of nitrogens with one attached hydrogen (secondary N) is 1. The molecule has 3 heterocycles. The number of hydrogen-bond donors (Lipinski definition) is 1. The molecule has 31 heavy (non-hydrogen) atoms. The van der Waals surface area contributed by atoms with Crippen LogP contribution in [0.1, 0.15) is 0 Å². The van der Waals surface area contributed by atoms with E-state index in [2.05, 4.69) is 15.3 Å². The van der Waals surface area contributed by atoms with Gasteiger partial charge in [0, 0.05) is 5.02 Å². The van der Waals surface area contributed by atoms with E-state index in [0.717, 1.165) is 11.0 Å². The highest BCUT2D eigenvalue weighted by atomic mass is 35.5. The van der Waals surface area contributed by atoms with Gasteiger partial charge in [0.2, 0.25) is 5.91 Å². The summed E-state index contributed by atoms with van der Waals surface area (Å²) in [4.78, 5) is 35.0. The molecule has 1 N–H and O–H groups in total. The van der Waals surface area contributed by atoms with Gasteiger partial charge in [-0.1, -0.05) is 23.7 Å². The molecule has 2 aromatic carbocycles. The SMILES string of the molecule is O=C(CN1C(=O)COc2ccc(Cl)cc21)Nc1ccc(-n2cnc3ccccc32)nc1. The lowest BCUT2D eigenvalue weighted by Gasteiger charge is -2.29. The Morgan fingerprint density at radius 1 is 1.13 bits per heavy atom. The van der Waals surface area contributed by atoms with Crippen LogP contribution < -0.4 is 15.0 Å². The number of benzene rings is 2. The lowest BCUT2D eigenvalue weighted by Crippen LogP contribution is -2.43. The van der Waals surface area contributed by atoms with Crippen molar-refractivity contribution in [2.24, 2.45) is 0 Å². The zero-order valence-corrected chi connectivity index (χ0v) is 16.9. The number of nitrogens with zero attached hydrogens (tertiary/aromatic N) is 4. The number of halogens is 1. The van der Waals surface area contributed by atoms with E-state index in [0.29, 0.717) is 28.0 Å². The number of fused-ring (bicyclic) bond motifs is 2. The highest BCUT2D eigenvalue weighted by Gasteiger charge is 2.27. The summed E-state index contributed by atoms with van der Waals surface area (Å²) in [7, 11) is 0. The number of amides is 2. The van der Waals surface area contributed by atoms with E-state index in [1.165, 1.54) is 4.90 Å². The molecular formula is C22H16ClN5O3. The minimum absolute atomic E-state index is 0.128. The number of carbonyl (C=O) groups is 2. The molecular weight excluding hydrogens is 418 g/mol. The maximum atomic E-state index is 12.6. The molecule has 0 saturated carbocycles. The Hall–Kier alpha value is -3.91. The van der Waals surface area contributed by atoms with Crippen molar-refractivity contribution in [3.05, 3.63) is 72.1 Å². The minimum atomic E-state index is -0.358. The lowest BCUT2D eigenvalue weighted by atomic mass is 10.2. The molecule has 2 aromatic heterocycles. The molecule has 4 aromatic rings. The van der Waals surface area contributed by atoms with Crippen molar-refractivity contribution < 1.29 is 14.3 Å². The molecule has 0 radical (unpaired) electrons. The molecule has 0 bridgehead atoms. The molecule has 0 aliphatic carbocycles. The number of rotatable bonds is 4. The normalized spacial score (nSPS) is 13.1. The maximum Gasteiger partial charge on any atom is 0.265 e. The van der Waals surface area contributed by atoms with Gasteiger partial charge in [-0.15, -0.1) is 0 Å². The second-order valence-electron chi connectivity index (χ2n) is 6.94. The quantitative estimate of drug-likeness (QED) is 0.532. The molecule has 8 nitrogen and oxygen atoms in total. The van der Waals surface area contributed by atoms with Crippen molar-refractivity contribution in [3.8, 4) is 11.6 Å². The van der Waals surface area contributed by atoms with Crippen molar-refractivity contribution in [3.63, 3.8) is 0 Å². The van der Waals surface area contributed by atoms with Gasteiger partial charge in [-0.25, -0.2) is 9.97 Å². The van der Waals surface area contributed by atoms with Gasteiger partial charge in [-0.3, -0.25) is 19.1 Å². The molecule has 0 unspecified atom stereocenters. The van der Waals surface area contributed by atoms with E-state index >= 15 is 0 Å². The third-order valence-corrected chi connectivity index (χ3v) is 5.13. The van der Waals surface area contributed by atoms with Gasteiger partial charge >= 0.3 is 0 Å². The first-order chi connectivity index (χ1) is 15.1. The molecule has 1 aliphatic heterocycles. The lowest BCUT2D eigenvalue weighted by molar-refractivity contribution is -0.123. The van der Waals surface area contributed by atoms with E-state index in [4.69, 9.17) is 16.3 Å². The Bertz CT molecular complexity index is 1300. The van der Waals surface area contributed by atoms with Crippen molar-refractivity contribution in [1.29, 1.82) is 0 Å². The van der Waals surface area contributed by atoms with Crippen LogP contribution >= 0.6 is 11.6 Å². The van der Waals surface area contributed by atoms with Crippen LogP contribution in [0.25, 0.3) is 16.9 Å². The maximum absolute atomic E-state index is 12.6. The Morgan fingerprint density at radius 2 is 2.00 bits per heavy atom. The van der Waals surface area contributed by atoms with Crippen molar-refractivity contribution >= 4 is 45.8 Å². The highest BCUT2D eigenvalue weighted by molar-refractivity contribution is 6.31. The Morgan fingerprint density at radius 3 is 2.84 bits per heavy atom. The summed E-state index contributed by atoms with van der Waals surface area (Å²) < 4.78 is 7.27. The molecule has 0 spiro atoms. The van der Waals surface area contributed by atoms with E-state index < -0.39 is 0 Å². The molecule has 2 amide bonds. The minimum Gasteiger partial charge on any atom is -0.482 e. The first kappa shape index (κ1) is 19.1. The second-order valence-corrected chi connectivity index (χ2v) is 7.37. The molecule has 154 valence electrons. The fourth-order valence-corrected chi connectivity index (χ4v) is 3.60. The van der Waals surface area contributed by atoms with Crippen LogP contribution in [0.3, 0.4) is 0 Å². The van der Waals surface area contributed by atoms with Gasteiger partial charge in [0.25, 0.3) is 5.91 Å². The van der Waals surface area contributed by atoms with Gasteiger partial charge in [0.15, 0.2) is 6.61 Å². The molecule has 0 saturated heterocycles. The topological polar surface area (TPSA) is 89.4 Å². The van der Waals surface area contributed by atoms with E-state index in [-0.39, 0.29) is 25.0 Å². The van der Waals surface area contributed by atoms with Crippen molar-refractivity contribution in [1.82, 2.24) is 14.5 Å². The van der Waals surface area contributed by atoms with Gasteiger partial charge in [0.1, 0.15) is 24.4 Å². The van der Waals surface area contributed by atoms with Crippen LogP contribution in [0.5, 0.6) is 5.75 Å². The smallest absolute Gasteiger partial charge is 0.265 e. The summed E-state index contributed by atoms with van der Waals surface area (Å²) in [5.74, 6) is 0.517. The largest absolute Gasteiger partial charge is 0.482 e. The number of hydrogen-bond acceptors (Lipinski definition) is 5. The summed E-state index contributed by atoms with van der Waals surface area (Å²) in [6.07, 6.45) is 3.27. The summed E-state index contributed by atoms with van der Waals surface area (Å²) in [5.41, 5.74) is 2.80. The van der Waals surface area contributed by atoms with E-state index in [9.17, 15) is 9.59 Å². The van der Waals surface area contributed by atoms with Crippen molar-refractivity contribution in [2.45, 2.75) is 0 Å². The Labute approximate surface area is 182 Å².